The number of ether oxygens (including phenoxy) is 1. The maximum Gasteiger partial charge on any atom is 0.326 e. The second kappa shape index (κ2) is 8.92. The van der Waals surface area contributed by atoms with Crippen molar-refractivity contribution in [2.24, 2.45) is 5.73 Å². The van der Waals surface area contributed by atoms with Crippen LogP contribution in [0, 0.1) is 18.6 Å². The van der Waals surface area contributed by atoms with Crippen LogP contribution < -0.4 is 15.4 Å². The molecule has 0 saturated carbocycles. The third-order valence-electron chi connectivity index (χ3n) is 5.45. The fourth-order valence-corrected chi connectivity index (χ4v) is 3.95. The first kappa shape index (κ1) is 21.7. The number of nitrogens with zero attached hydrogens (tertiary/aromatic N) is 2. The number of aromatic nitrogens is 1. The molecule has 0 bridgehead atoms. The van der Waals surface area contributed by atoms with E-state index in [1.165, 1.54) is 4.90 Å². The number of carboxylic acid groups (broad SMARTS) is 1. The number of hydrogen-bond donors (Lipinski definition) is 2. The van der Waals surface area contributed by atoms with Gasteiger partial charge in [-0.05, 0) is 60.2 Å². The summed E-state index contributed by atoms with van der Waals surface area (Å²) < 4.78 is 34.7. The number of benzene rings is 2. The molecule has 1 atom stereocenters. The lowest BCUT2D eigenvalue weighted by atomic mass is 10.0. The lowest BCUT2D eigenvalue weighted by Gasteiger charge is -2.23. The number of rotatable bonds is 6. The van der Waals surface area contributed by atoms with Gasteiger partial charge in [-0.25, -0.2) is 13.6 Å². The molecule has 3 N–H and O–H groups in total. The first-order chi connectivity index (χ1) is 15.4. The Morgan fingerprint density at radius 1 is 1.19 bits per heavy atom. The van der Waals surface area contributed by atoms with Gasteiger partial charge < -0.3 is 20.5 Å². The van der Waals surface area contributed by atoms with E-state index in [1.54, 1.807) is 12.1 Å². The van der Waals surface area contributed by atoms with Crippen molar-refractivity contribution < 1.29 is 23.4 Å². The van der Waals surface area contributed by atoms with E-state index < -0.39 is 29.5 Å². The van der Waals surface area contributed by atoms with Gasteiger partial charge in [0.25, 0.3) is 5.88 Å². The van der Waals surface area contributed by atoms with E-state index in [-0.39, 0.29) is 5.82 Å². The van der Waals surface area contributed by atoms with E-state index in [2.05, 4.69) is 4.98 Å². The second-order valence-corrected chi connectivity index (χ2v) is 7.81. The Kier molecular flexibility index (Phi) is 6.05. The van der Waals surface area contributed by atoms with E-state index >= 15 is 0 Å². The molecule has 0 unspecified atom stereocenters. The predicted octanol–water partition coefficient (Wildman–Crippen LogP) is 4.64. The molecule has 1 aromatic heterocycles. The Balaban J connectivity index is 1.68. The van der Waals surface area contributed by atoms with Gasteiger partial charge in [0.1, 0.15) is 11.8 Å². The summed E-state index contributed by atoms with van der Waals surface area (Å²) in [4.78, 5) is 16.8. The van der Waals surface area contributed by atoms with Crippen LogP contribution in [0.3, 0.4) is 0 Å². The molecule has 0 spiro atoms. The van der Waals surface area contributed by atoms with Crippen molar-refractivity contribution in [2.75, 3.05) is 11.4 Å². The van der Waals surface area contributed by atoms with Crippen molar-refractivity contribution in [3.8, 4) is 22.8 Å². The highest BCUT2D eigenvalue weighted by atomic mass is 19.1. The van der Waals surface area contributed by atoms with Crippen LogP contribution in [-0.2, 0) is 11.3 Å². The molecule has 0 aliphatic carbocycles. The lowest BCUT2D eigenvalue weighted by Crippen LogP contribution is -2.37. The monoisotopic (exact) mass is 439 g/mol. The molecule has 1 fully saturated rings. The largest absolute Gasteiger partial charge is 0.480 e. The van der Waals surface area contributed by atoms with Crippen molar-refractivity contribution in [3.63, 3.8) is 0 Å². The van der Waals surface area contributed by atoms with Crippen molar-refractivity contribution in [1.29, 1.82) is 0 Å². The van der Waals surface area contributed by atoms with Gasteiger partial charge in [0, 0.05) is 19.2 Å². The van der Waals surface area contributed by atoms with Gasteiger partial charge in [0.2, 0.25) is 0 Å². The number of anilines is 1. The number of pyridine rings is 1. The van der Waals surface area contributed by atoms with Crippen LogP contribution in [0.15, 0.2) is 48.5 Å². The molecule has 8 heteroatoms. The van der Waals surface area contributed by atoms with Gasteiger partial charge in [0.05, 0.1) is 0 Å². The quantitative estimate of drug-likeness (QED) is 0.582. The minimum atomic E-state index is -1.07. The number of aryl methyl sites for hydroxylation is 1. The summed E-state index contributed by atoms with van der Waals surface area (Å²) in [6, 6.07) is 12.9. The third kappa shape index (κ3) is 4.40. The average Bonchev–Trinajstić information content (AvgIpc) is 3.25. The van der Waals surface area contributed by atoms with Crippen LogP contribution in [0.5, 0.6) is 11.6 Å². The van der Waals surface area contributed by atoms with E-state index in [1.807, 2.05) is 37.3 Å². The topological polar surface area (TPSA) is 88.7 Å². The predicted molar refractivity (Wildman–Crippen MR) is 117 cm³/mol. The van der Waals surface area contributed by atoms with Crippen LogP contribution in [-0.4, -0.2) is 28.6 Å². The molecule has 1 aliphatic heterocycles. The minimum Gasteiger partial charge on any atom is -0.480 e. The van der Waals surface area contributed by atoms with Crippen LogP contribution in [0.4, 0.5) is 14.6 Å². The molecule has 2 aromatic carbocycles. The van der Waals surface area contributed by atoms with E-state index in [0.717, 1.165) is 22.3 Å². The van der Waals surface area contributed by atoms with Crippen LogP contribution >= 0.6 is 0 Å². The summed E-state index contributed by atoms with van der Waals surface area (Å²) in [5.74, 6) is -3.27. The molecule has 0 radical (unpaired) electrons. The van der Waals surface area contributed by atoms with Crippen LogP contribution in [0.1, 0.15) is 24.0 Å². The number of nitrogens with two attached hydrogens (primary N) is 1. The fraction of sp³-hybridized carbons (Fsp3) is 0.250. The minimum absolute atomic E-state index is 0.227. The summed E-state index contributed by atoms with van der Waals surface area (Å²) in [5, 5.41) is 9.40. The molecular weight excluding hydrogens is 416 g/mol. The Hall–Kier alpha value is -3.52. The van der Waals surface area contributed by atoms with Crippen molar-refractivity contribution in [3.05, 3.63) is 71.3 Å². The van der Waals surface area contributed by atoms with Gasteiger partial charge in [-0.15, -0.1) is 0 Å². The summed E-state index contributed by atoms with van der Waals surface area (Å²) in [6.45, 7) is 2.60. The van der Waals surface area contributed by atoms with Crippen molar-refractivity contribution in [2.45, 2.75) is 32.4 Å². The Labute approximate surface area is 184 Å². The van der Waals surface area contributed by atoms with Crippen LogP contribution in [0.25, 0.3) is 11.1 Å². The Bertz CT molecular complexity index is 1170. The molecule has 6 nitrogen and oxygen atoms in total. The molecular formula is C24H23F2N3O3. The summed E-state index contributed by atoms with van der Waals surface area (Å²) in [6.07, 6.45) is 0.946. The highest BCUT2D eigenvalue weighted by Crippen LogP contribution is 2.33. The first-order valence-corrected chi connectivity index (χ1v) is 10.3. The standard InChI is InChI=1S/C24H23F2N3O3/c1-14-8-17(16-5-2-4-15(10-16)13-27)11-18(9-14)32-23-20(26)12-19(25)22(28-23)29-7-3-6-21(29)24(30)31/h2,4-5,8-12,21H,3,6-7,13,27H2,1H3,(H,30,31)/t21-/m0/s1. The number of carbonyl (C=O) groups is 1. The van der Waals surface area contributed by atoms with Gasteiger partial charge in [0.15, 0.2) is 17.5 Å². The first-order valence-electron chi connectivity index (χ1n) is 10.3. The van der Waals surface area contributed by atoms with Gasteiger partial charge in [-0.3, -0.25) is 0 Å². The Morgan fingerprint density at radius 3 is 2.75 bits per heavy atom. The van der Waals surface area contributed by atoms with Crippen molar-refractivity contribution in [1.82, 2.24) is 4.98 Å². The molecule has 4 rings (SSSR count). The van der Waals surface area contributed by atoms with Gasteiger partial charge >= 0.3 is 5.97 Å². The summed E-state index contributed by atoms with van der Waals surface area (Å²) in [5.41, 5.74) is 9.37. The molecule has 3 aromatic rings. The normalized spacial score (nSPS) is 15.8. The number of carboxylic acids is 1. The van der Waals surface area contributed by atoms with E-state index in [9.17, 15) is 18.7 Å². The smallest absolute Gasteiger partial charge is 0.326 e. The molecule has 1 saturated heterocycles. The molecule has 2 heterocycles. The zero-order valence-electron chi connectivity index (χ0n) is 17.5. The zero-order valence-corrected chi connectivity index (χ0v) is 17.5. The van der Waals surface area contributed by atoms with Crippen LogP contribution in [0.2, 0.25) is 0 Å². The maximum absolute atomic E-state index is 14.5. The van der Waals surface area contributed by atoms with Crippen molar-refractivity contribution >= 4 is 11.8 Å². The highest BCUT2D eigenvalue weighted by molar-refractivity contribution is 5.78. The van der Waals surface area contributed by atoms with Gasteiger partial charge in [-0.1, -0.05) is 24.3 Å². The second-order valence-electron chi connectivity index (χ2n) is 7.81. The number of aliphatic carboxylic acids is 1. The number of halogens is 2. The highest BCUT2D eigenvalue weighted by Gasteiger charge is 2.34. The average molecular weight is 439 g/mol. The zero-order chi connectivity index (χ0) is 22.8. The summed E-state index contributed by atoms with van der Waals surface area (Å²) in [7, 11) is 0. The third-order valence-corrected chi connectivity index (χ3v) is 5.45. The van der Waals surface area contributed by atoms with Gasteiger partial charge in [-0.2, -0.15) is 4.98 Å². The fourth-order valence-electron chi connectivity index (χ4n) is 3.95. The van der Waals surface area contributed by atoms with E-state index in [4.69, 9.17) is 10.5 Å². The SMILES string of the molecule is Cc1cc(Oc2nc(N3CCC[C@H]3C(=O)O)c(F)cc2F)cc(-c2cccc(CN)c2)c1. The Morgan fingerprint density at radius 2 is 2.00 bits per heavy atom. The maximum atomic E-state index is 14.5. The molecule has 166 valence electrons. The summed E-state index contributed by atoms with van der Waals surface area (Å²) >= 11 is 0. The molecule has 0 amide bonds. The molecule has 1 aliphatic rings. The lowest BCUT2D eigenvalue weighted by molar-refractivity contribution is -0.138. The van der Waals surface area contributed by atoms with E-state index in [0.29, 0.717) is 37.7 Å². The number of hydrogen-bond acceptors (Lipinski definition) is 5. The molecule has 32 heavy (non-hydrogen) atoms.